The molecule has 0 aliphatic heterocycles. The van der Waals surface area contributed by atoms with E-state index in [-0.39, 0.29) is 12.2 Å². The highest BCUT2D eigenvalue weighted by Gasteiger charge is 2.15. The number of halogens is 1. The van der Waals surface area contributed by atoms with Gasteiger partial charge in [-0.1, -0.05) is 12.1 Å². The quantitative estimate of drug-likeness (QED) is 0.704. The molecule has 92 valence electrons. The van der Waals surface area contributed by atoms with E-state index in [1.807, 2.05) is 0 Å². The largest absolute Gasteiger partial charge is 0.237 e. The lowest BCUT2D eigenvalue weighted by Crippen LogP contribution is -1.88. The summed E-state index contributed by atoms with van der Waals surface area (Å²) < 4.78 is 14.9. The lowest BCUT2D eigenvalue weighted by atomic mass is 10.1. The molecule has 19 heavy (non-hydrogen) atoms. The molecule has 0 atom stereocenters. The van der Waals surface area contributed by atoms with Crippen LogP contribution >= 0.6 is 0 Å². The van der Waals surface area contributed by atoms with Gasteiger partial charge in [0.05, 0.1) is 18.2 Å². The van der Waals surface area contributed by atoms with Crippen molar-refractivity contribution in [2.24, 2.45) is 0 Å². The Morgan fingerprint density at radius 2 is 2.21 bits per heavy atom. The van der Waals surface area contributed by atoms with E-state index in [0.717, 1.165) is 0 Å². The fraction of sp³-hybridized carbons (Fsp3) is 0.0714. The Labute approximate surface area is 108 Å². The van der Waals surface area contributed by atoms with E-state index in [4.69, 9.17) is 5.26 Å². The number of rotatable bonds is 2. The molecule has 2 aromatic heterocycles. The van der Waals surface area contributed by atoms with Gasteiger partial charge in [0, 0.05) is 23.5 Å². The maximum atomic E-state index is 13.3. The van der Waals surface area contributed by atoms with Crippen molar-refractivity contribution in [3.63, 3.8) is 0 Å². The molecule has 0 aliphatic rings. The highest BCUT2D eigenvalue weighted by Crippen LogP contribution is 2.25. The molecule has 0 radical (unpaired) electrons. The average Bonchev–Trinajstić information content (AvgIpc) is 2.79. The Hall–Kier alpha value is -2.74. The van der Waals surface area contributed by atoms with Gasteiger partial charge in [0.1, 0.15) is 5.82 Å². The first-order valence-electron chi connectivity index (χ1n) is 5.74. The van der Waals surface area contributed by atoms with Gasteiger partial charge in [0.25, 0.3) is 0 Å². The monoisotopic (exact) mass is 252 g/mol. The zero-order chi connectivity index (χ0) is 13.2. The fourth-order valence-electron chi connectivity index (χ4n) is 2.04. The molecule has 0 saturated heterocycles. The lowest BCUT2D eigenvalue weighted by molar-refractivity contribution is 0.628. The van der Waals surface area contributed by atoms with Gasteiger partial charge >= 0.3 is 0 Å². The predicted molar refractivity (Wildman–Crippen MR) is 67.7 cm³/mol. The molecule has 4 nitrogen and oxygen atoms in total. The summed E-state index contributed by atoms with van der Waals surface area (Å²) >= 11 is 0. The van der Waals surface area contributed by atoms with E-state index in [9.17, 15) is 4.39 Å². The molecule has 0 saturated carbocycles. The lowest BCUT2D eigenvalue weighted by Gasteiger charge is -1.99. The summed E-state index contributed by atoms with van der Waals surface area (Å²) in [6, 6.07) is 10.0. The molecule has 0 amide bonds. The van der Waals surface area contributed by atoms with Crippen molar-refractivity contribution in [1.82, 2.24) is 14.6 Å². The van der Waals surface area contributed by atoms with Crippen LogP contribution in [0, 0.1) is 17.1 Å². The minimum atomic E-state index is -0.328. The van der Waals surface area contributed by atoms with Crippen molar-refractivity contribution in [3.8, 4) is 17.3 Å². The van der Waals surface area contributed by atoms with Crippen LogP contribution in [0.4, 0.5) is 4.39 Å². The Bertz CT molecular complexity index is 785. The number of nitrogens with zero attached hydrogens (tertiary/aromatic N) is 4. The SMILES string of the molecule is N#CCc1c(-c2cccc(F)c2)nn2cccnc12. The molecule has 2 heterocycles. The number of hydrogen-bond donors (Lipinski definition) is 0. The van der Waals surface area contributed by atoms with Crippen molar-refractivity contribution < 1.29 is 4.39 Å². The molecule has 1 aromatic carbocycles. The Balaban J connectivity index is 2.28. The summed E-state index contributed by atoms with van der Waals surface area (Å²) in [7, 11) is 0. The third kappa shape index (κ3) is 1.93. The second kappa shape index (κ2) is 4.50. The highest BCUT2D eigenvalue weighted by molar-refractivity contribution is 5.71. The van der Waals surface area contributed by atoms with E-state index in [2.05, 4.69) is 16.2 Å². The van der Waals surface area contributed by atoms with Crippen LogP contribution in [0.25, 0.3) is 16.9 Å². The number of nitriles is 1. The highest BCUT2D eigenvalue weighted by atomic mass is 19.1. The molecule has 0 aliphatic carbocycles. The van der Waals surface area contributed by atoms with Gasteiger partial charge in [-0.25, -0.2) is 13.9 Å². The molecule has 3 aromatic rings. The van der Waals surface area contributed by atoms with Crippen molar-refractivity contribution >= 4 is 5.65 Å². The van der Waals surface area contributed by atoms with Crippen LogP contribution in [0.2, 0.25) is 0 Å². The topological polar surface area (TPSA) is 54.0 Å². The summed E-state index contributed by atoms with van der Waals surface area (Å²) in [6.45, 7) is 0. The number of hydrogen-bond acceptors (Lipinski definition) is 3. The van der Waals surface area contributed by atoms with Crippen LogP contribution in [-0.4, -0.2) is 14.6 Å². The van der Waals surface area contributed by atoms with Crippen LogP contribution in [0.15, 0.2) is 42.7 Å². The third-order valence-corrected chi connectivity index (χ3v) is 2.84. The molecule has 0 spiro atoms. The standard InChI is InChI=1S/C14H9FN4/c15-11-4-1-3-10(9-11)13-12(5-6-16)14-17-7-2-8-19(14)18-13/h1-4,7-9H,5H2. The number of benzene rings is 1. The Morgan fingerprint density at radius 1 is 1.32 bits per heavy atom. The van der Waals surface area contributed by atoms with E-state index < -0.39 is 0 Å². The second-order valence-electron chi connectivity index (χ2n) is 4.06. The summed E-state index contributed by atoms with van der Waals surface area (Å²) in [6.07, 6.45) is 3.59. The van der Waals surface area contributed by atoms with Crippen LogP contribution < -0.4 is 0 Å². The summed E-state index contributed by atoms with van der Waals surface area (Å²) in [5.74, 6) is -0.328. The van der Waals surface area contributed by atoms with Crippen LogP contribution in [-0.2, 0) is 6.42 Å². The summed E-state index contributed by atoms with van der Waals surface area (Å²) in [4.78, 5) is 4.22. The molecule has 0 fully saturated rings. The zero-order valence-corrected chi connectivity index (χ0v) is 9.92. The number of fused-ring (bicyclic) bond motifs is 1. The van der Waals surface area contributed by atoms with Crippen molar-refractivity contribution in [1.29, 1.82) is 5.26 Å². The minimum absolute atomic E-state index is 0.187. The molecule has 5 heteroatoms. The first kappa shape index (κ1) is 11.4. The summed E-state index contributed by atoms with van der Waals surface area (Å²) in [5.41, 5.74) is 2.59. The maximum Gasteiger partial charge on any atom is 0.159 e. The first-order valence-corrected chi connectivity index (χ1v) is 5.74. The van der Waals surface area contributed by atoms with Gasteiger partial charge in [-0.2, -0.15) is 10.4 Å². The third-order valence-electron chi connectivity index (χ3n) is 2.84. The van der Waals surface area contributed by atoms with Crippen molar-refractivity contribution in [2.45, 2.75) is 6.42 Å². The van der Waals surface area contributed by atoms with Gasteiger partial charge in [-0.05, 0) is 18.2 Å². The smallest absolute Gasteiger partial charge is 0.159 e. The average molecular weight is 252 g/mol. The minimum Gasteiger partial charge on any atom is -0.237 e. The first-order chi connectivity index (χ1) is 9.29. The molecular formula is C14H9FN4. The Morgan fingerprint density at radius 3 is 3.00 bits per heavy atom. The van der Waals surface area contributed by atoms with Crippen molar-refractivity contribution in [3.05, 3.63) is 54.1 Å². The van der Waals surface area contributed by atoms with Gasteiger partial charge in [-0.15, -0.1) is 0 Å². The van der Waals surface area contributed by atoms with E-state index in [1.54, 1.807) is 35.1 Å². The van der Waals surface area contributed by atoms with Gasteiger partial charge < -0.3 is 0 Å². The molecule has 3 rings (SSSR count). The van der Waals surface area contributed by atoms with E-state index in [0.29, 0.717) is 22.5 Å². The fourth-order valence-corrected chi connectivity index (χ4v) is 2.04. The molecule has 0 bridgehead atoms. The second-order valence-corrected chi connectivity index (χ2v) is 4.06. The normalized spacial score (nSPS) is 10.5. The van der Waals surface area contributed by atoms with Gasteiger partial charge in [0.15, 0.2) is 5.65 Å². The maximum absolute atomic E-state index is 13.3. The van der Waals surface area contributed by atoms with Crippen molar-refractivity contribution in [2.75, 3.05) is 0 Å². The molecule has 0 N–H and O–H groups in total. The van der Waals surface area contributed by atoms with Gasteiger partial charge in [0.2, 0.25) is 0 Å². The van der Waals surface area contributed by atoms with Crippen LogP contribution in [0.5, 0.6) is 0 Å². The molecule has 0 unspecified atom stereocenters. The summed E-state index contributed by atoms with van der Waals surface area (Å²) in [5, 5.41) is 13.3. The predicted octanol–water partition coefficient (Wildman–Crippen LogP) is 2.60. The number of aromatic nitrogens is 3. The Kier molecular flexibility index (Phi) is 2.69. The van der Waals surface area contributed by atoms with Crippen LogP contribution in [0.3, 0.4) is 0 Å². The van der Waals surface area contributed by atoms with Gasteiger partial charge in [-0.3, -0.25) is 0 Å². The van der Waals surface area contributed by atoms with E-state index in [1.165, 1.54) is 12.1 Å². The van der Waals surface area contributed by atoms with Crippen LogP contribution in [0.1, 0.15) is 5.56 Å². The van der Waals surface area contributed by atoms with E-state index >= 15 is 0 Å². The zero-order valence-electron chi connectivity index (χ0n) is 9.92. The molecular weight excluding hydrogens is 243 g/mol.